The molecule has 3 aromatic carbocycles. The summed E-state index contributed by atoms with van der Waals surface area (Å²) in [6.07, 6.45) is 2.39. The van der Waals surface area contributed by atoms with Gasteiger partial charge in [0.2, 0.25) is 5.78 Å². The zero-order valence-corrected chi connectivity index (χ0v) is 20.2. The van der Waals surface area contributed by atoms with E-state index in [4.69, 9.17) is 16.0 Å². The predicted octanol–water partition coefficient (Wildman–Crippen LogP) is 6.09. The normalized spacial score (nSPS) is 15.9. The molecule has 1 aliphatic heterocycles. The first kappa shape index (κ1) is 22.9. The molecule has 2 aromatic heterocycles. The summed E-state index contributed by atoms with van der Waals surface area (Å²) in [6.45, 7) is 0.234. The summed E-state index contributed by atoms with van der Waals surface area (Å²) in [5.74, 6) is -1.93. The minimum absolute atomic E-state index is 0.0157. The number of halogens is 1. The van der Waals surface area contributed by atoms with E-state index < -0.39 is 23.5 Å². The molecule has 0 radical (unpaired) electrons. The summed E-state index contributed by atoms with van der Waals surface area (Å²) in [6, 6.07) is 19.8. The van der Waals surface area contributed by atoms with Gasteiger partial charge in [-0.1, -0.05) is 41.9 Å². The van der Waals surface area contributed by atoms with Gasteiger partial charge < -0.3 is 24.5 Å². The van der Waals surface area contributed by atoms with E-state index in [1.807, 2.05) is 30.5 Å². The Labute approximate surface area is 216 Å². The van der Waals surface area contributed by atoms with Gasteiger partial charge in [0.25, 0.3) is 5.91 Å². The summed E-state index contributed by atoms with van der Waals surface area (Å²) in [5, 5.41) is 23.3. The van der Waals surface area contributed by atoms with Gasteiger partial charge in [0, 0.05) is 34.1 Å². The van der Waals surface area contributed by atoms with Crippen molar-refractivity contribution in [2.24, 2.45) is 0 Å². The highest BCUT2D eigenvalue weighted by Gasteiger charge is 2.44. The number of carbonyl (C=O) groups excluding carboxylic acids is 2. The minimum atomic E-state index is -0.908. The topological polar surface area (TPSA) is 107 Å². The number of hydrogen-bond donors (Lipinski definition) is 3. The molecule has 184 valence electrons. The van der Waals surface area contributed by atoms with Crippen LogP contribution in [0.3, 0.4) is 0 Å². The number of H-pyrrole nitrogens is 1. The monoisotopic (exact) mass is 512 g/mol. The number of hydrogen-bond acceptors (Lipinski definition) is 5. The number of aliphatic hydroxyl groups excluding tert-OH is 1. The van der Waals surface area contributed by atoms with Crippen molar-refractivity contribution in [3.05, 3.63) is 112 Å². The van der Waals surface area contributed by atoms with Crippen LogP contribution in [0, 0.1) is 0 Å². The van der Waals surface area contributed by atoms with Gasteiger partial charge in [0.05, 0.1) is 11.6 Å². The van der Waals surface area contributed by atoms with Gasteiger partial charge in [-0.05, 0) is 60.0 Å². The Morgan fingerprint density at radius 2 is 1.86 bits per heavy atom. The van der Waals surface area contributed by atoms with Crippen LogP contribution in [0.5, 0.6) is 5.75 Å². The molecule has 1 atom stereocenters. The van der Waals surface area contributed by atoms with Crippen LogP contribution in [-0.2, 0) is 11.2 Å². The quantitative estimate of drug-likeness (QED) is 0.238. The van der Waals surface area contributed by atoms with E-state index in [1.54, 1.807) is 36.4 Å². The van der Waals surface area contributed by atoms with Gasteiger partial charge in [-0.15, -0.1) is 0 Å². The average molecular weight is 513 g/mol. The summed E-state index contributed by atoms with van der Waals surface area (Å²) >= 11 is 6.07. The summed E-state index contributed by atoms with van der Waals surface area (Å²) in [5.41, 5.74) is 2.85. The molecular weight excluding hydrogens is 492 g/mol. The number of nitrogens with one attached hydrogen (secondary N) is 1. The van der Waals surface area contributed by atoms with Crippen molar-refractivity contribution in [2.45, 2.75) is 12.5 Å². The lowest BCUT2D eigenvalue weighted by atomic mass is 9.94. The number of para-hydroxylation sites is 1. The van der Waals surface area contributed by atoms with Crippen LogP contribution >= 0.6 is 11.6 Å². The van der Waals surface area contributed by atoms with Crippen LogP contribution in [0.4, 0.5) is 0 Å². The smallest absolute Gasteiger partial charge is 0.290 e. The molecule has 6 rings (SSSR count). The number of phenolic OH excluding ortho intramolecular Hbond substituents is 1. The molecular formula is C29H21ClN2O5. The van der Waals surface area contributed by atoms with Crippen molar-refractivity contribution in [3.8, 4) is 5.75 Å². The molecule has 0 bridgehead atoms. The third kappa shape index (κ3) is 3.93. The van der Waals surface area contributed by atoms with Crippen LogP contribution in [0.1, 0.15) is 27.7 Å². The van der Waals surface area contributed by atoms with Crippen molar-refractivity contribution >= 4 is 45.2 Å². The number of rotatable bonds is 6. The van der Waals surface area contributed by atoms with E-state index >= 15 is 0 Å². The standard InChI is InChI=1S/C29H21ClN2O5/c30-19-8-9-23-18(12-19)14-24(37-23)27(34)25-26(16-4-3-5-20(33)13-16)32(29(36)28(25)35)11-10-17-15-31-22-7-2-1-6-21(17)22/h1-9,12-15,26,31,33,35H,10-11H2. The van der Waals surface area contributed by atoms with Crippen molar-refractivity contribution in [2.75, 3.05) is 6.54 Å². The molecule has 3 heterocycles. The zero-order chi connectivity index (χ0) is 25.7. The average Bonchev–Trinajstić information content (AvgIpc) is 3.57. The third-order valence-corrected chi connectivity index (χ3v) is 6.97. The number of aromatic amines is 1. The van der Waals surface area contributed by atoms with Crippen LogP contribution in [0.15, 0.2) is 94.7 Å². The largest absolute Gasteiger partial charge is 0.508 e. The molecule has 0 fully saturated rings. The number of benzene rings is 3. The van der Waals surface area contributed by atoms with Gasteiger partial charge in [0.1, 0.15) is 11.3 Å². The Bertz CT molecular complexity index is 1730. The highest BCUT2D eigenvalue weighted by Crippen LogP contribution is 2.40. The van der Waals surface area contributed by atoms with Gasteiger partial charge in [-0.25, -0.2) is 0 Å². The first-order valence-corrected chi connectivity index (χ1v) is 12.1. The first-order chi connectivity index (χ1) is 17.9. The molecule has 0 spiro atoms. The molecule has 3 N–H and O–H groups in total. The van der Waals surface area contributed by atoms with E-state index in [2.05, 4.69) is 4.98 Å². The second-order valence-corrected chi connectivity index (χ2v) is 9.43. The Morgan fingerprint density at radius 1 is 1.03 bits per heavy atom. The van der Waals surface area contributed by atoms with E-state index in [1.165, 1.54) is 17.0 Å². The molecule has 7 nitrogen and oxygen atoms in total. The van der Waals surface area contributed by atoms with Crippen LogP contribution in [0.2, 0.25) is 5.02 Å². The van der Waals surface area contributed by atoms with E-state index in [0.29, 0.717) is 28.0 Å². The van der Waals surface area contributed by atoms with E-state index in [-0.39, 0.29) is 23.6 Å². The molecule has 0 saturated carbocycles. The van der Waals surface area contributed by atoms with E-state index in [0.717, 1.165) is 16.5 Å². The number of fused-ring (bicyclic) bond motifs is 2. The predicted molar refractivity (Wildman–Crippen MR) is 140 cm³/mol. The molecule has 1 unspecified atom stereocenters. The molecule has 0 saturated heterocycles. The number of ketones is 1. The fraction of sp³-hybridized carbons (Fsp3) is 0.103. The molecule has 0 aliphatic carbocycles. The fourth-order valence-corrected chi connectivity index (χ4v) is 5.18. The number of Topliss-reactive ketones (excluding diaryl/α,β-unsaturated/α-hetero) is 1. The lowest BCUT2D eigenvalue weighted by Gasteiger charge is -2.26. The number of amides is 1. The Hall–Kier alpha value is -4.49. The van der Waals surface area contributed by atoms with Gasteiger partial charge in [0.15, 0.2) is 11.5 Å². The first-order valence-electron chi connectivity index (χ1n) is 11.7. The molecule has 5 aromatic rings. The summed E-state index contributed by atoms with van der Waals surface area (Å²) in [7, 11) is 0. The Kier molecular flexibility index (Phi) is 5.50. The molecule has 1 aliphatic rings. The molecule has 1 amide bonds. The van der Waals surface area contributed by atoms with Crippen molar-refractivity contribution < 1.29 is 24.2 Å². The van der Waals surface area contributed by atoms with Gasteiger partial charge in [-0.2, -0.15) is 0 Å². The molecule has 8 heteroatoms. The maximum Gasteiger partial charge on any atom is 0.290 e. The maximum absolute atomic E-state index is 13.7. The number of carbonyl (C=O) groups is 2. The van der Waals surface area contributed by atoms with Crippen LogP contribution in [0.25, 0.3) is 21.9 Å². The van der Waals surface area contributed by atoms with Crippen molar-refractivity contribution in [3.63, 3.8) is 0 Å². The maximum atomic E-state index is 13.7. The second kappa shape index (κ2) is 8.87. The summed E-state index contributed by atoms with van der Waals surface area (Å²) in [4.78, 5) is 31.7. The Balaban J connectivity index is 1.39. The van der Waals surface area contributed by atoms with Crippen molar-refractivity contribution in [1.82, 2.24) is 9.88 Å². The third-order valence-electron chi connectivity index (χ3n) is 6.73. The lowest BCUT2D eigenvalue weighted by molar-refractivity contribution is -0.129. The zero-order valence-electron chi connectivity index (χ0n) is 19.4. The Morgan fingerprint density at radius 3 is 2.70 bits per heavy atom. The number of aliphatic hydroxyl groups is 1. The van der Waals surface area contributed by atoms with Crippen LogP contribution < -0.4 is 0 Å². The highest BCUT2D eigenvalue weighted by molar-refractivity contribution is 6.31. The lowest BCUT2D eigenvalue weighted by Crippen LogP contribution is -2.33. The fourth-order valence-electron chi connectivity index (χ4n) is 5.00. The number of aromatic hydroxyl groups is 1. The summed E-state index contributed by atoms with van der Waals surface area (Å²) < 4.78 is 5.75. The highest BCUT2D eigenvalue weighted by atomic mass is 35.5. The number of furan rings is 1. The second-order valence-electron chi connectivity index (χ2n) is 8.99. The number of nitrogens with zero attached hydrogens (tertiary/aromatic N) is 1. The van der Waals surface area contributed by atoms with Crippen LogP contribution in [-0.4, -0.2) is 38.3 Å². The van der Waals surface area contributed by atoms with Gasteiger partial charge >= 0.3 is 0 Å². The SMILES string of the molecule is O=C(C1=C(O)C(=O)N(CCc2c[nH]c3ccccc23)C1c1cccc(O)c1)c1cc2cc(Cl)ccc2o1. The molecule has 37 heavy (non-hydrogen) atoms. The number of phenols is 1. The van der Waals surface area contributed by atoms with E-state index in [9.17, 15) is 19.8 Å². The number of aromatic nitrogens is 1. The minimum Gasteiger partial charge on any atom is -0.508 e. The van der Waals surface area contributed by atoms with Gasteiger partial charge in [-0.3, -0.25) is 9.59 Å². The van der Waals surface area contributed by atoms with Crippen molar-refractivity contribution in [1.29, 1.82) is 0 Å².